The van der Waals surface area contributed by atoms with Gasteiger partial charge in [0.2, 0.25) is 10.0 Å². The summed E-state index contributed by atoms with van der Waals surface area (Å²) in [6, 6.07) is 5.78. The van der Waals surface area contributed by atoms with Crippen LogP contribution < -0.4 is 10.0 Å². The maximum atomic E-state index is 12.3. The third-order valence-corrected chi connectivity index (χ3v) is 4.86. The Kier molecular flexibility index (Phi) is 4.60. The first-order valence-electron chi connectivity index (χ1n) is 6.85. The van der Waals surface area contributed by atoms with Gasteiger partial charge in [0.15, 0.2) is 0 Å². The van der Waals surface area contributed by atoms with Crippen molar-refractivity contribution in [2.24, 2.45) is 0 Å². The van der Waals surface area contributed by atoms with Gasteiger partial charge in [0.05, 0.1) is 4.90 Å². The molecule has 0 bridgehead atoms. The third kappa shape index (κ3) is 4.03. The van der Waals surface area contributed by atoms with E-state index in [0.717, 1.165) is 36.9 Å². The van der Waals surface area contributed by atoms with Crippen molar-refractivity contribution in [1.82, 2.24) is 10.0 Å². The first kappa shape index (κ1) is 14.5. The fourth-order valence-electron chi connectivity index (χ4n) is 1.94. The van der Waals surface area contributed by atoms with E-state index in [1.54, 1.807) is 6.07 Å². The minimum atomic E-state index is -3.36. The topological polar surface area (TPSA) is 58.2 Å². The quantitative estimate of drug-likeness (QED) is 0.751. The molecule has 0 amide bonds. The monoisotopic (exact) mass is 282 g/mol. The summed E-state index contributed by atoms with van der Waals surface area (Å²) in [5, 5.41) is 3.29. The molecule has 0 atom stereocenters. The Hall–Kier alpha value is -0.910. The van der Waals surface area contributed by atoms with Crippen LogP contribution in [0.3, 0.4) is 0 Å². The highest BCUT2D eigenvalue weighted by Crippen LogP contribution is 2.24. The van der Waals surface area contributed by atoms with Gasteiger partial charge in [0, 0.05) is 12.6 Å². The molecule has 1 aromatic carbocycles. The van der Waals surface area contributed by atoms with E-state index in [-0.39, 0.29) is 6.04 Å². The summed E-state index contributed by atoms with van der Waals surface area (Å²) < 4.78 is 27.2. The number of sulfonamides is 1. The average Bonchev–Trinajstić information content (AvgIpc) is 3.14. The molecule has 1 aliphatic rings. The molecule has 1 fully saturated rings. The van der Waals surface area contributed by atoms with E-state index in [9.17, 15) is 8.42 Å². The maximum Gasteiger partial charge on any atom is 0.241 e. The summed E-state index contributed by atoms with van der Waals surface area (Å²) in [4.78, 5) is 0.412. The Morgan fingerprint density at radius 2 is 2.05 bits per heavy atom. The lowest BCUT2D eigenvalue weighted by atomic mass is 10.1. The normalized spacial score (nSPS) is 15.7. The molecule has 2 N–H and O–H groups in total. The zero-order valence-electron chi connectivity index (χ0n) is 11.6. The number of nitrogens with one attached hydrogen (secondary N) is 2. The lowest BCUT2D eigenvalue weighted by Crippen LogP contribution is -2.26. The third-order valence-electron chi connectivity index (χ3n) is 3.20. The molecule has 5 heteroatoms. The molecule has 1 aromatic rings. The van der Waals surface area contributed by atoms with Gasteiger partial charge in [-0.2, -0.15) is 0 Å². The van der Waals surface area contributed by atoms with Gasteiger partial charge in [-0.1, -0.05) is 19.1 Å². The first-order chi connectivity index (χ1) is 9.03. The average molecular weight is 282 g/mol. The van der Waals surface area contributed by atoms with Gasteiger partial charge in [0.25, 0.3) is 0 Å². The largest absolute Gasteiger partial charge is 0.313 e. The Morgan fingerprint density at radius 1 is 1.32 bits per heavy atom. The zero-order valence-corrected chi connectivity index (χ0v) is 12.4. The lowest BCUT2D eigenvalue weighted by molar-refractivity contribution is 0.580. The molecule has 0 aromatic heterocycles. The van der Waals surface area contributed by atoms with Gasteiger partial charge in [-0.3, -0.25) is 0 Å². The predicted octanol–water partition coefficient (Wildman–Crippen LogP) is 1.94. The van der Waals surface area contributed by atoms with Crippen LogP contribution >= 0.6 is 0 Å². The van der Waals surface area contributed by atoms with Gasteiger partial charge < -0.3 is 5.32 Å². The second-order valence-corrected chi connectivity index (χ2v) is 6.85. The summed E-state index contributed by atoms with van der Waals surface area (Å²) in [5.41, 5.74) is 1.81. The molecule has 0 saturated heterocycles. The van der Waals surface area contributed by atoms with Crippen LogP contribution in [-0.2, 0) is 16.6 Å². The van der Waals surface area contributed by atoms with E-state index in [1.807, 2.05) is 19.1 Å². The van der Waals surface area contributed by atoms with Crippen LogP contribution in [0.15, 0.2) is 23.1 Å². The van der Waals surface area contributed by atoms with Crippen molar-refractivity contribution in [2.75, 3.05) is 6.54 Å². The summed E-state index contributed by atoms with van der Waals surface area (Å²) in [5.74, 6) is 0. The van der Waals surface area contributed by atoms with Crippen LogP contribution in [0.25, 0.3) is 0 Å². The van der Waals surface area contributed by atoms with E-state index in [2.05, 4.69) is 17.0 Å². The highest BCUT2D eigenvalue weighted by atomic mass is 32.2. The predicted molar refractivity (Wildman–Crippen MR) is 76.5 cm³/mol. The highest BCUT2D eigenvalue weighted by molar-refractivity contribution is 7.89. The molecule has 19 heavy (non-hydrogen) atoms. The van der Waals surface area contributed by atoms with Crippen LogP contribution in [0.2, 0.25) is 0 Å². The van der Waals surface area contributed by atoms with E-state index < -0.39 is 10.0 Å². The van der Waals surface area contributed by atoms with Crippen LogP contribution in [-0.4, -0.2) is 21.0 Å². The zero-order chi connectivity index (χ0) is 13.9. The lowest BCUT2D eigenvalue weighted by Gasteiger charge is -2.11. The molecule has 0 spiro atoms. The molecular formula is C14H22N2O2S. The van der Waals surface area contributed by atoms with E-state index >= 15 is 0 Å². The van der Waals surface area contributed by atoms with Crippen LogP contribution in [0.5, 0.6) is 0 Å². The molecule has 2 rings (SSSR count). The minimum absolute atomic E-state index is 0.145. The van der Waals surface area contributed by atoms with Crippen molar-refractivity contribution in [3.05, 3.63) is 29.3 Å². The number of rotatable bonds is 7. The number of benzene rings is 1. The Morgan fingerprint density at radius 3 is 2.68 bits per heavy atom. The summed E-state index contributed by atoms with van der Waals surface area (Å²) in [6.07, 6.45) is 2.98. The van der Waals surface area contributed by atoms with Crippen molar-refractivity contribution in [3.8, 4) is 0 Å². The molecule has 0 heterocycles. The SMILES string of the molecule is CCCNCc1ccc(C)c(S(=O)(=O)NC2CC2)c1. The van der Waals surface area contributed by atoms with Crippen LogP contribution in [0, 0.1) is 6.92 Å². The van der Waals surface area contributed by atoms with E-state index in [1.165, 1.54) is 0 Å². The van der Waals surface area contributed by atoms with Gasteiger partial charge in [0.1, 0.15) is 0 Å². The van der Waals surface area contributed by atoms with Gasteiger partial charge in [-0.15, -0.1) is 0 Å². The van der Waals surface area contributed by atoms with Gasteiger partial charge in [-0.05, 0) is 49.9 Å². The second-order valence-electron chi connectivity index (χ2n) is 5.17. The van der Waals surface area contributed by atoms with Crippen LogP contribution in [0.4, 0.5) is 0 Å². The fourth-order valence-corrected chi connectivity index (χ4v) is 3.54. The second kappa shape index (κ2) is 6.03. The standard InChI is InChI=1S/C14H22N2O2S/c1-3-8-15-10-12-5-4-11(2)14(9-12)19(17,18)16-13-6-7-13/h4-5,9,13,15-16H,3,6-8,10H2,1-2H3. The van der Waals surface area contributed by atoms with Crippen molar-refractivity contribution in [2.45, 2.75) is 50.6 Å². The number of hydrogen-bond donors (Lipinski definition) is 2. The van der Waals surface area contributed by atoms with E-state index in [4.69, 9.17) is 0 Å². The summed E-state index contributed by atoms with van der Waals surface area (Å²) >= 11 is 0. The van der Waals surface area contributed by atoms with Crippen molar-refractivity contribution in [1.29, 1.82) is 0 Å². The first-order valence-corrected chi connectivity index (χ1v) is 8.34. The molecule has 0 aliphatic heterocycles. The number of aryl methyl sites for hydroxylation is 1. The Bertz CT molecular complexity index is 536. The summed E-state index contributed by atoms with van der Waals surface area (Å²) in [6.45, 7) is 5.60. The van der Waals surface area contributed by atoms with Crippen molar-refractivity contribution in [3.63, 3.8) is 0 Å². The highest BCUT2D eigenvalue weighted by Gasteiger charge is 2.28. The van der Waals surface area contributed by atoms with Crippen LogP contribution in [0.1, 0.15) is 37.3 Å². The van der Waals surface area contributed by atoms with Gasteiger partial charge >= 0.3 is 0 Å². The summed E-state index contributed by atoms with van der Waals surface area (Å²) in [7, 11) is -3.36. The molecule has 106 valence electrons. The Labute approximate surface area is 115 Å². The smallest absolute Gasteiger partial charge is 0.241 e. The minimum Gasteiger partial charge on any atom is -0.313 e. The molecular weight excluding hydrogens is 260 g/mol. The molecule has 0 radical (unpaired) electrons. The molecule has 1 saturated carbocycles. The van der Waals surface area contributed by atoms with Crippen molar-refractivity contribution >= 4 is 10.0 Å². The van der Waals surface area contributed by atoms with E-state index in [0.29, 0.717) is 11.4 Å². The number of hydrogen-bond acceptors (Lipinski definition) is 3. The van der Waals surface area contributed by atoms with Gasteiger partial charge in [-0.25, -0.2) is 13.1 Å². The van der Waals surface area contributed by atoms with Crippen molar-refractivity contribution < 1.29 is 8.42 Å². The maximum absolute atomic E-state index is 12.3. The molecule has 4 nitrogen and oxygen atoms in total. The molecule has 1 aliphatic carbocycles. The fraction of sp³-hybridized carbons (Fsp3) is 0.571. The molecule has 0 unspecified atom stereocenters. The Balaban J connectivity index is 2.16.